The van der Waals surface area contributed by atoms with Gasteiger partial charge in [-0.1, -0.05) is 12.2 Å². The Kier molecular flexibility index (Phi) is 3.82. The van der Waals surface area contributed by atoms with Crippen LogP contribution in [0.1, 0.15) is 0 Å². The minimum atomic E-state index is -0.511. The maximum atomic E-state index is 8.43. The van der Waals surface area contributed by atoms with E-state index < -0.39 is 6.10 Å². The van der Waals surface area contributed by atoms with Crippen LogP contribution in [0.25, 0.3) is 0 Å². The lowest BCUT2D eigenvalue weighted by Gasteiger charge is -1.91. The van der Waals surface area contributed by atoms with E-state index >= 15 is 0 Å². The lowest BCUT2D eigenvalue weighted by Crippen LogP contribution is -2.06. The predicted octanol–water partition coefficient (Wildman–Crippen LogP) is 0.277. The zero-order valence-electron chi connectivity index (χ0n) is 3.16. The maximum Gasteiger partial charge on any atom is 0.0910 e. The highest BCUT2D eigenvalue weighted by molar-refractivity contribution is 7.81. The van der Waals surface area contributed by atoms with Gasteiger partial charge >= 0.3 is 0 Å². The van der Waals surface area contributed by atoms with E-state index in [9.17, 15) is 0 Å². The van der Waals surface area contributed by atoms with E-state index in [4.69, 9.17) is 5.11 Å². The van der Waals surface area contributed by atoms with Gasteiger partial charge in [0, 0.05) is 11.1 Å². The molecule has 36 valence electrons. The summed E-state index contributed by atoms with van der Waals surface area (Å²) in [6, 6.07) is 0. The van der Waals surface area contributed by atoms with E-state index in [0.29, 0.717) is 5.75 Å². The Bertz CT molecular complexity index is 46.1. The van der Waals surface area contributed by atoms with Gasteiger partial charge in [0.15, 0.2) is 0 Å². The molecule has 1 nitrogen and oxygen atoms in total. The van der Waals surface area contributed by atoms with E-state index in [2.05, 4.69) is 24.8 Å². The molecule has 0 saturated carbocycles. The average Bonchev–Trinajstić information content (AvgIpc) is 1.65. The fourth-order valence-electron chi connectivity index (χ4n) is 0.0430. The Morgan fingerprint density at radius 3 is 2.50 bits per heavy atom. The van der Waals surface area contributed by atoms with Gasteiger partial charge in [-0.05, 0) is 0 Å². The zero-order chi connectivity index (χ0) is 4.99. The summed E-state index contributed by atoms with van der Waals surface area (Å²) in [4.78, 5) is 0. The number of aliphatic hydroxyl groups is 1. The fraction of sp³-hybridized carbons (Fsp3) is 0.667. The van der Waals surface area contributed by atoms with Crippen molar-refractivity contribution >= 4 is 30.2 Å². The first-order valence-electron chi connectivity index (χ1n) is 1.55. The molecule has 1 atom stereocenters. The van der Waals surface area contributed by atoms with Crippen molar-refractivity contribution in [3.05, 3.63) is 0 Å². The third-order valence-corrected chi connectivity index (χ3v) is 1.03. The Hall–Kier alpha value is 0.400. The van der Waals surface area contributed by atoms with Gasteiger partial charge < -0.3 is 5.11 Å². The van der Waals surface area contributed by atoms with Gasteiger partial charge in [-0.15, -0.1) is 0 Å². The van der Waals surface area contributed by atoms with Crippen LogP contribution in [-0.4, -0.2) is 22.3 Å². The molecule has 0 aromatic heterocycles. The average molecular weight is 122 g/mol. The van der Waals surface area contributed by atoms with Crippen molar-refractivity contribution < 1.29 is 5.11 Å². The molecule has 0 unspecified atom stereocenters. The second-order valence-electron chi connectivity index (χ2n) is 0.886. The summed E-state index contributed by atoms with van der Waals surface area (Å²) in [7, 11) is 0. The quantitative estimate of drug-likeness (QED) is 0.405. The molecule has 3 heteroatoms. The molecule has 0 fully saturated rings. The van der Waals surface area contributed by atoms with Crippen LogP contribution in [0.15, 0.2) is 0 Å². The summed E-state index contributed by atoms with van der Waals surface area (Å²) in [5.41, 5.74) is 0. The third-order valence-electron chi connectivity index (χ3n) is 0.344. The summed E-state index contributed by atoms with van der Waals surface area (Å²) in [6.45, 7) is 0. The summed E-state index contributed by atoms with van der Waals surface area (Å²) >= 11 is 8.10. The largest absolute Gasteiger partial charge is 0.387 e. The molecule has 0 saturated heterocycles. The minimum Gasteiger partial charge on any atom is -0.387 e. The molecule has 6 heavy (non-hydrogen) atoms. The van der Waals surface area contributed by atoms with Crippen molar-refractivity contribution in [1.29, 1.82) is 0 Å². The van der Waals surface area contributed by atoms with Crippen LogP contribution >= 0.6 is 24.8 Å². The first-order chi connectivity index (χ1) is 2.81. The number of rotatable bonds is 2. The van der Waals surface area contributed by atoms with Gasteiger partial charge in [0.05, 0.1) is 6.10 Å². The van der Waals surface area contributed by atoms with Crippen LogP contribution < -0.4 is 0 Å². The molecule has 0 aliphatic carbocycles. The van der Waals surface area contributed by atoms with E-state index in [1.807, 2.05) is 0 Å². The highest BCUT2D eigenvalue weighted by atomic mass is 32.1. The van der Waals surface area contributed by atoms with Gasteiger partial charge in [-0.2, -0.15) is 12.6 Å². The third kappa shape index (κ3) is 2.63. The predicted molar refractivity (Wildman–Crippen MR) is 33.5 cm³/mol. The first kappa shape index (κ1) is 6.40. The maximum absolute atomic E-state index is 8.43. The number of hydrogen-bond donors (Lipinski definition) is 2. The monoisotopic (exact) mass is 122 g/mol. The normalized spacial score (nSPS) is 13.7. The highest BCUT2D eigenvalue weighted by Crippen LogP contribution is 1.79. The molecule has 0 heterocycles. The van der Waals surface area contributed by atoms with Crippen LogP contribution in [0.2, 0.25) is 0 Å². The van der Waals surface area contributed by atoms with E-state index in [1.54, 1.807) is 0 Å². The fourth-order valence-corrected chi connectivity index (χ4v) is 0.387. The van der Waals surface area contributed by atoms with Gasteiger partial charge in [0.2, 0.25) is 0 Å². The zero-order valence-corrected chi connectivity index (χ0v) is 4.88. The molecule has 1 N–H and O–H groups in total. The smallest absolute Gasteiger partial charge is 0.0910 e. The molecular weight excluding hydrogens is 116 g/mol. The second kappa shape index (κ2) is 3.59. The minimum absolute atomic E-state index is 0.420. The van der Waals surface area contributed by atoms with Gasteiger partial charge in [-0.25, -0.2) is 0 Å². The Labute approximate surface area is 47.8 Å². The molecule has 0 radical (unpaired) electrons. The van der Waals surface area contributed by atoms with Gasteiger partial charge in [-0.3, -0.25) is 0 Å². The van der Waals surface area contributed by atoms with E-state index in [-0.39, 0.29) is 0 Å². The molecule has 0 bridgehead atoms. The van der Waals surface area contributed by atoms with Gasteiger partial charge in [0.1, 0.15) is 0 Å². The van der Waals surface area contributed by atoms with Crippen LogP contribution in [0.3, 0.4) is 0 Å². The van der Waals surface area contributed by atoms with E-state index in [1.165, 1.54) is 5.37 Å². The van der Waals surface area contributed by atoms with Crippen molar-refractivity contribution in [3.8, 4) is 0 Å². The first-order valence-corrected chi connectivity index (χ1v) is 2.66. The molecule has 0 spiro atoms. The molecule has 0 rings (SSSR count). The molecule has 0 aromatic carbocycles. The Morgan fingerprint density at radius 2 is 2.50 bits per heavy atom. The standard InChI is InChI=1S/C3H6OS2/c4-3(1-5)2-6/h1,3-4,6H,2H2/t3-/m0/s1. The van der Waals surface area contributed by atoms with Crippen molar-refractivity contribution in [2.45, 2.75) is 6.10 Å². The highest BCUT2D eigenvalue weighted by Gasteiger charge is 1.88. The molecule has 0 aliphatic heterocycles. The summed E-state index contributed by atoms with van der Waals surface area (Å²) < 4.78 is 0. The second-order valence-corrected chi connectivity index (χ2v) is 1.52. The van der Waals surface area contributed by atoms with Crippen LogP contribution in [0.4, 0.5) is 0 Å². The lowest BCUT2D eigenvalue weighted by molar-refractivity contribution is 0.274. The van der Waals surface area contributed by atoms with Crippen molar-refractivity contribution in [3.63, 3.8) is 0 Å². The summed E-state index contributed by atoms with van der Waals surface area (Å²) in [5, 5.41) is 9.72. The number of hydrogen-bond acceptors (Lipinski definition) is 3. The number of aliphatic hydroxyl groups excluding tert-OH is 1. The summed E-state index contributed by atoms with van der Waals surface area (Å²) in [5.74, 6) is 0.420. The van der Waals surface area contributed by atoms with Crippen molar-refractivity contribution in [2.75, 3.05) is 5.75 Å². The number of thiocarbonyl (C=S) groups is 1. The van der Waals surface area contributed by atoms with Crippen LogP contribution in [0, 0.1) is 0 Å². The van der Waals surface area contributed by atoms with Crippen LogP contribution in [0.5, 0.6) is 0 Å². The SMILES string of the molecule is O[C@@H](C=S)CS. The lowest BCUT2D eigenvalue weighted by atomic mass is 10.5. The molecule has 0 amide bonds. The van der Waals surface area contributed by atoms with Crippen molar-refractivity contribution in [1.82, 2.24) is 0 Å². The molecule has 0 aromatic rings. The van der Waals surface area contributed by atoms with Crippen molar-refractivity contribution in [2.24, 2.45) is 0 Å². The molecule has 0 aliphatic rings. The number of thiol groups is 1. The Balaban J connectivity index is 2.96. The Morgan fingerprint density at radius 1 is 2.00 bits per heavy atom. The summed E-state index contributed by atoms with van der Waals surface area (Å²) in [6.07, 6.45) is -0.511. The van der Waals surface area contributed by atoms with Crippen LogP contribution in [-0.2, 0) is 0 Å². The van der Waals surface area contributed by atoms with Gasteiger partial charge in [0.25, 0.3) is 0 Å². The molecular formula is C3H6OS2. The van der Waals surface area contributed by atoms with E-state index in [0.717, 1.165) is 0 Å². The topological polar surface area (TPSA) is 20.2 Å².